The molecule has 0 aliphatic rings. The Morgan fingerprint density at radius 1 is 1.19 bits per heavy atom. The summed E-state index contributed by atoms with van der Waals surface area (Å²) in [4.78, 5) is 27.3. The Labute approximate surface area is 183 Å². The van der Waals surface area contributed by atoms with Crippen LogP contribution in [-0.4, -0.2) is 42.8 Å². The lowest BCUT2D eigenvalue weighted by Crippen LogP contribution is -2.27. The molecule has 0 spiro atoms. The zero-order chi connectivity index (χ0) is 22.0. The molecule has 162 valence electrons. The average Bonchev–Trinajstić information content (AvgIpc) is 3.41. The predicted octanol–water partition coefficient (Wildman–Crippen LogP) is 3.43. The first kappa shape index (κ1) is 21.2. The van der Waals surface area contributed by atoms with Gasteiger partial charge in [-0.25, -0.2) is 0 Å². The normalized spacial score (nSPS) is 11.6. The van der Waals surface area contributed by atoms with E-state index in [-0.39, 0.29) is 17.2 Å². The number of hydrogen-bond acceptors (Lipinski definition) is 6. The van der Waals surface area contributed by atoms with Crippen LogP contribution in [0.1, 0.15) is 26.0 Å². The van der Waals surface area contributed by atoms with Gasteiger partial charge >= 0.3 is 0 Å². The van der Waals surface area contributed by atoms with Crippen molar-refractivity contribution in [3.63, 3.8) is 0 Å². The number of para-hydroxylation sites is 1. The number of carbonyl (C=O) groups is 1. The van der Waals surface area contributed by atoms with E-state index in [9.17, 15) is 9.59 Å². The molecule has 0 fully saturated rings. The molecule has 0 saturated carbocycles. The van der Waals surface area contributed by atoms with Crippen LogP contribution in [0, 0.1) is 5.92 Å². The molecule has 0 aliphatic heterocycles. The fourth-order valence-electron chi connectivity index (χ4n) is 3.38. The van der Waals surface area contributed by atoms with Crippen LogP contribution in [0.15, 0.2) is 57.0 Å². The first-order valence-corrected chi connectivity index (χ1v) is 11.2. The Bertz CT molecular complexity index is 1260. The van der Waals surface area contributed by atoms with Gasteiger partial charge in [-0.15, -0.1) is 10.2 Å². The van der Waals surface area contributed by atoms with Crippen molar-refractivity contribution < 1.29 is 9.21 Å². The van der Waals surface area contributed by atoms with Gasteiger partial charge < -0.3 is 9.32 Å². The summed E-state index contributed by atoms with van der Waals surface area (Å²) in [5.74, 6) is 1.85. The molecule has 3 heterocycles. The number of aryl methyl sites for hydroxylation is 1. The topological polar surface area (TPSA) is 85.6 Å². The smallest absolute Gasteiger partial charge is 0.262 e. The summed E-state index contributed by atoms with van der Waals surface area (Å²) < 4.78 is 8.88. The van der Waals surface area contributed by atoms with Crippen molar-refractivity contribution >= 4 is 34.3 Å². The van der Waals surface area contributed by atoms with E-state index in [0.717, 1.165) is 17.7 Å². The third-order valence-electron chi connectivity index (χ3n) is 5.13. The third kappa shape index (κ3) is 4.36. The molecular formula is C22H25N5O3S. The Hall–Kier alpha value is -3.07. The molecule has 9 heteroatoms. The quantitative estimate of drug-likeness (QED) is 0.391. The van der Waals surface area contributed by atoms with Gasteiger partial charge in [0.15, 0.2) is 5.16 Å². The number of fused-ring (bicyclic) bond motifs is 3. The van der Waals surface area contributed by atoms with Crippen LogP contribution in [0.5, 0.6) is 0 Å². The van der Waals surface area contributed by atoms with Gasteiger partial charge in [0.2, 0.25) is 11.7 Å². The van der Waals surface area contributed by atoms with Crippen LogP contribution in [-0.2, 0) is 17.9 Å². The summed E-state index contributed by atoms with van der Waals surface area (Å²) in [6.07, 6.45) is 2.45. The van der Waals surface area contributed by atoms with Crippen LogP contribution in [0.4, 0.5) is 0 Å². The fourth-order valence-corrected chi connectivity index (χ4v) is 4.26. The summed E-state index contributed by atoms with van der Waals surface area (Å²) in [6, 6.07) is 11.1. The summed E-state index contributed by atoms with van der Waals surface area (Å²) in [7, 11) is 1.74. The lowest BCUT2D eigenvalue weighted by molar-refractivity contribution is -0.127. The Morgan fingerprint density at radius 3 is 2.74 bits per heavy atom. The third-order valence-corrected chi connectivity index (χ3v) is 6.05. The fraction of sp³-hybridized carbons (Fsp3) is 0.364. The van der Waals surface area contributed by atoms with E-state index < -0.39 is 0 Å². The molecule has 4 rings (SSSR count). The van der Waals surface area contributed by atoms with E-state index >= 15 is 0 Å². The summed E-state index contributed by atoms with van der Waals surface area (Å²) >= 11 is 1.31. The van der Waals surface area contributed by atoms with E-state index in [1.54, 1.807) is 28.8 Å². The maximum Gasteiger partial charge on any atom is 0.262 e. The number of furan rings is 1. The monoisotopic (exact) mass is 439 g/mol. The molecule has 0 radical (unpaired) electrons. The van der Waals surface area contributed by atoms with Crippen molar-refractivity contribution in [1.82, 2.24) is 24.1 Å². The van der Waals surface area contributed by atoms with Crippen molar-refractivity contribution in [2.75, 3.05) is 12.8 Å². The largest absolute Gasteiger partial charge is 0.467 e. The van der Waals surface area contributed by atoms with Gasteiger partial charge in [-0.1, -0.05) is 37.7 Å². The molecule has 1 aromatic carbocycles. The molecule has 0 atom stereocenters. The first-order chi connectivity index (χ1) is 15.0. The lowest BCUT2D eigenvalue weighted by atomic mass is 10.1. The number of hydrogen-bond donors (Lipinski definition) is 0. The van der Waals surface area contributed by atoms with Crippen molar-refractivity contribution in [3.05, 3.63) is 58.8 Å². The summed E-state index contributed by atoms with van der Waals surface area (Å²) in [5, 5.41) is 9.81. The van der Waals surface area contributed by atoms with Crippen LogP contribution in [0.3, 0.4) is 0 Å². The van der Waals surface area contributed by atoms with Crippen LogP contribution >= 0.6 is 11.8 Å². The number of thioether (sulfide) groups is 1. The van der Waals surface area contributed by atoms with Gasteiger partial charge in [0, 0.05) is 13.6 Å². The van der Waals surface area contributed by atoms with Gasteiger partial charge in [-0.05, 0) is 36.6 Å². The van der Waals surface area contributed by atoms with Gasteiger partial charge in [-0.2, -0.15) is 0 Å². The molecule has 0 aliphatic carbocycles. The second-order valence-corrected chi connectivity index (χ2v) is 8.83. The molecule has 4 aromatic rings. The predicted molar refractivity (Wildman–Crippen MR) is 120 cm³/mol. The number of nitrogens with zero attached hydrogens (tertiary/aromatic N) is 5. The number of carbonyl (C=O) groups excluding carboxylic acids is 1. The lowest BCUT2D eigenvalue weighted by Gasteiger charge is -2.15. The summed E-state index contributed by atoms with van der Waals surface area (Å²) in [6.45, 7) is 5.22. The Balaban J connectivity index is 1.64. The molecule has 8 nitrogen and oxygen atoms in total. The molecule has 0 N–H and O–H groups in total. The molecule has 0 bridgehead atoms. The van der Waals surface area contributed by atoms with E-state index in [1.165, 1.54) is 11.8 Å². The molecular weight excluding hydrogens is 414 g/mol. The van der Waals surface area contributed by atoms with Crippen LogP contribution < -0.4 is 5.56 Å². The number of aromatic nitrogens is 4. The van der Waals surface area contributed by atoms with Gasteiger partial charge in [0.05, 0.1) is 29.5 Å². The van der Waals surface area contributed by atoms with Crippen molar-refractivity contribution in [1.29, 1.82) is 0 Å². The van der Waals surface area contributed by atoms with Crippen LogP contribution in [0.2, 0.25) is 0 Å². The minimum absolute atomic E-state index is 0.0458. The highest BCUT2D eigenvalue weighted by Gasteiger charge is 2.19. The van der Waals surface area contributed by atoms with E-state index in [0.29, 0.717) is 35.3 Å². The SMILES string of the molecule is CC(C)CCn1c(=O)c2ccccc2n2c(SCC(=O)N(C)Cc3ccco3)nnc12. The van der Waals surface area contributed by atoms with Crippen LogP contribution in [0.25, 0.3) is 16.7 Å². The van der Waals surface area contributed by atoms with Crippen molar-refractivity contribution in [3.8, 4) is 0 Å². The number of amides is 1. The minimum atomic E-state index is -0.0676. The first-order valence-electron chi connectivity index (χ1n) is 10.2. The van der Waals surface area contributed by atoms with E-state index in [4.69, 9.17) is 4.42 Å². The highest BCUT2D eigenvalue weighted by atomic mass is 32.2. The molecule has 31 heavy (non-hydrogen) atoms. The Kier molecular flexibility index (Phi) is 6.13. The molecule has 3 aromatic heterocycles. The molecule has 1 amide bonds. The standard InChI is InChI=1S/C22H25N5O3S/c1-15(2)10-11-26-20(29)17-8-4-5-9-18(17)27-21(26)23-24-22(27)31-14-19(28)25(3)13-16-7-6-12-30-16/h4-9,12,15H,10-11,13-14H2,1-3H3. The number of rotatable bonds is 8. The van der Waals surface area contributed by atoms with Gasteiger partial charge in [0.1, 0.15) is 5.76 Å². The summed E-state index contributed by atoms with van der Waals surface area (Å²) in [5.41, 5.74) is 0.675. The second kappa shape index (κ2) is 8.97. The van der Waals surface area contributed by atoms with Gasteiger partial charge in [-0.3, -0.25) is 18.6 Å². The van der Waals surface area contributed by atoms with E-state index in [1.807, 2.05) is 34.7 Å². The maximum absolute atomic E-state index is 13.1. The molecule has 0 saturated heterocycles. The van der Waals surface area contributed by atoms with Crippen molar-refractivity contribution in [2.45, 2.75) is 38.5 Å². The van der Waals surface area contributed by atoms with Crippen molar-refractivity contribution in [2.24, 2.45) is 5.92 Å². The highest BCUT2D eigenvalue weighted by Crippen LogP contribution is 2.22. The van der Waals surface area contributed by atoms with E-state index in [2.05, 4.69) is 24.0 Å². The van der Waals surface area contributed by atoms with Gasteiger partial charge in [0.25, 0.3) is 5.56 Å². The zero-order valence-corrected chi connectivity index (χ0v) is 18.6. The Morgan fingerprint density at radius 2 is 2.00 bits per heavy atom. The average molecular weight is 440 g/mol. The number of benzene rings is 1. The maximum atomic E-state index is 13.1. The minimum Gasteiger partial charge on any atom is -0.467 e. The molecule has 0 unspecified atom stereocenters. The second-order valence-electron chi connectivity index (χ2n) is 7.89. The highest BCUT2D eigenvalue weighted by molar-refractivity contribution is 7.99. The zero-order valence-electron chi connectivity index (χ0n) is 17.8.